The van der Waals surface area contributed by atoms with E-state index in [1.165, 1.54) is 11.1 Å². The van der Waals surface area contributed by atoms with Crippen LogP contribution in [0, 0.1) is 0 Å². The Hall–Kier alpha value is -2.00. The molecule has 4 heteroatoms. The van der Waals surface area contributed by atoms with Crippen LogP contribution >= 0.6 is 11.6 Å². The Morgan fingerprint density at radius 1 is 0.852 bits per heavy atom. The number of aldehydes is 1. The van der Waals surface area contributed by atoms with Gasteiger partial charge in [-0.3, -0.25) is 4.79 Å². The Bertz CT molecular complexity index is 798. The van der Waals surface area contributed by atoms with Gasteiger partial charge in [0.25, 0.3) is 0 Å². The van der Waals surface area contributed by atoms with Gasteiger partial charge in [0.05, 0.1) is 5.56 Å². The molecule has 0 aliphatic heterocycles. The zero-order chi connectivity index (χ0) is 20.2. The van der Waals surface area contributed by atoms with Crippen LogP contribution < -0.4 is 9.47 Å². The Balaban J connectivity index is 2.08. The fourth-order valence-electron chi connectivity index (χ4n) is 2.75. The molecular formula is C23H29ClO3. The lowest BCUT2D eigenvalue weighted by Crippen LogP contribution is -2.19. The second kappa shape index (κ2) is 8.35. The van der Waals surface area contributed by atoms with Gasteiger partial charge in [0, 0.05) is 5.02 Å². The fraction of sp³-hybridized carbons (Fsp3) is 0.435. The summed E-state index contributed by atoms with van der Waals surface area (Å²) in [6, 6.07) is 11.4. The van der Waals surface area contributed by atoms with E-state index >= 15 is 0 Å². The number of rotatable bonds is 6. The van der Waals surface area contributed by atoms with Gasteiger partial charge < -0.3 is 9.47 Å². The van der Waals surface area contributed by atoms with Crippen molar-refractivity contribution in [3.05, 3.63) is 58.1 Å². The molecule has 0 heterocycles. The van der Waals surface area contributed by atoms with Gasteiger partial charge in [-0.05, 0) is 46.2 Å². The fourth-order valence-corrected chi connectivity index (χ4v) is 2.94. The molecule has 0 spiro atoms. The topological polar surface area (TPSA) is 35.5 Å². The molecule has 0 saturated heterocycles. The molecule has 0 atom stereocenters. The molecule has 2 aromatic carbocycles. The lowest BCUT2D eigenvalue weighted by atomic mass is 9.80. The molecule has 0 fully saturated rings. The van der Waals surface area contributed by atoms with Crippen molar-refractivity contribution in [3.63, 3.8) is 0 Å². The molecule has 0 radical (unpaired) electrons. The number of carbonyl (C=O) groups is 1. The Morgan fingerprint density at radius 2 is 1.44 bits per heavy atom. The van der Waals surface area contributed by atoms with Crippen LogP contribution in [0.5, 0.6) is 11.5 Å². The van der Waals surface area contributed by atoms with E-state index in [2.05, 4.69) is 53.7 Å². The van der Waals surface area contributed by atoms with Crippen molar-refractivity contribution in [1.82, 2.24) is 0 Å². The van der Waals surface area contributed by atoms with Crippen LogP contribution in [-0.4, -0.2) is 19.5 Å². The summed E-state index contributed by atoms with van der Waals surface area (Å²) in [7, 11) is 0. The molecule has 0 N–H and O–H groups in total. The maximum Gasteiger partial charge on any atom is 0.153 e. The van der Waals surface area contributed by atoms with Gasteiger partial charge in [0.15, 0.2) is 6.29 Å². The van der Waals surface area contributed by atoms with Crippen molar-refractivity contribution in [3.8, 4) is 11.5 Å². The summed E-state index contributed by atoms with van der Waals surface area (Å²) < 4.78 is 11.7. The quantitative estimate of drug-likeness (QED) is 0.436. The summed E-state index contributed by atoms with van der Waals surface area (Å²) in [6.45, 7) is 13.9. The standard InChI is InChI=1S/C23H29ClO3/c1-22(2,3)17-7-9-21(19(14-17)23(4,5)6)27-12-11-26-20-10-8-18(24)13-16(20)15-25/h7-10,13-15H,11-12H2,1-6H3. The van der Waals surface area contributed by atoms with Crippen LogP contribution in [0.1, 0.15) is 63.0 Å². The van der Waals surface area contributed by atoms with E-state index in [-0.39, 0.29) is 10.8 Å². The number of hydrogen-bond donors (Lipinski definition) is 0. The SMILES string of the molecule is CC(C)(C)c1ccc(OCCOc2ccc(Cl)cc2C=O)c(C(C)(C)C)c1. The monoisotopic (exact) mass is 388 g/mol. The van der Waals surface area contributed by atoms with Crippen LogP contribution in [0.2, 0.25) is 5.02 Å². The summed E-state index contributed by atoms with van der Waals surface area (Å²) in [6.07, 6.45) is 0.741. The summed E-state index contributed by atoms with van der Waals surface area (Å²) >= 11 is 5.90. The van der Waals surface area contributed by atoms with Gasteiger partial charge in [-0.1, -0.05) is 65.3 Å². The Labute approximate surface area is 167 Å². The predicted octanol–water partition coefficient (Wildman–Crippen LogP) is 6.21. The first-order valence-electron chi connectivity index (χ1n) is 9.18. The highest BCUT2D eigenvalue weighted by Gasteiger charge is 2.23. The maximum atomic E-state index is 11.1. The molecule has 0 saturated carbocycles. The van der Waals surface area contributed by atoms with Gasteiger partial charge in [-0.25, -0.2) is 0 Å². The van der Waals surface area contributed by atoms with E-state index in [1.807, 2.05) is 6.07 Å². The van der Waals surface area contributed by atoms with Crippen molar-refractivity contribution in [2.24, 2.45) is 0 Å². The highest BCUT2D eigenvalue weighted by Crippen LogP contribution is 2.35. The highest BCUT2D eigenvalue weighted by atomic mass is 35.5. The highest BCUT2D eigenvalue weighted by molar-refractivity contribution is 6.30. The van der Waals surface area contributed by atoms with E-state index in [0.717, 1.165) is 12.0 Å². The van der Waals surface area contributed by atoms with E-state index < -0.39 is 0 Å². The smallest absolute Gasteiger partial charge is 0.153 e. The van der Waals surface area contributed by atoms with Crippen molar-refractivity contribution >= 4 is 17.9 Å². The molecule has 0 bridgehead atoms. The molecule has 146 valence electrons. The normalized spacial score (nSPS) is 12.0. The zero-order valence-electron chi connectivity index (χ0n) is 17.1. The van der Waals surface area contributed by atoms with Crippen molar-refractivity contribution in [1.29, 1.82) is 0 Å². The molecule has 0 aliphatic rings. The largest absolute Gasteiger partial charge is 0.490 e. The molecule has 27 heavy (non-hydrogen) atoms. The number of halogens is 1. The van der Waals surface area contributed by atoms with Crippen LogP contribution in [0.25, 0.3) is 0 Å². The van der Waals surface area contributed by atoms with Crippen molar-refractivity contribution in [2.75, 3.05) is 13.2 Å². The first kappa shape index (κ1) is 21.3. The first-order valence-corrected chi connectivity index (χ1v) is 9.55. The Kier molecular flexibility index (Phi) is 6.59. The van der Waals surface area contributed by atoms with Gasteiger partial charge in [0.2, 0.25) is 0 Å². The average Bonchev–Trinajstić information content (AvgIpc) is 2.57. The summed E-state index contributed by atoms with van der Waals surface area (Å²) in [5.41, 5.74) is 2.95. The molecule has 0 aromatic heterocycles. The molecule has 3 nitrogen and oxygen atoms in total. The van der Waals surface area contributed by atoms with E-state index in [4.69, 9.17) is 21.1 Å². The first-order chi connectivity index (χ1) is 12.5. The number of ether oxygens (including phenoxy) is 2. The molecule has 0 aliphatic carbocycles. The average molecular weight is 389 g/mol. The molecule has 2 rings (SSSR count). The minimum Gasteiger partial charge on any atom is -0.490 e. The summed E-state index contributed by atoms with van der Waals surface area (Å²) in [5.74, 6) is 1.38. The van der Waals surface area contributed by atoms with E-state index in [0.29, 0.717) is 29.5 Å². The summed E-state index contributed by atoms with van der Waals surface area (Å²) in [4.78, 5) is 11.1. The van der Waals surface area contributed by atoms with Gasteiger partial charge in [-0.2, -0.15) is 0 Å². The Morgan fingerprint density at radius 3 is 2.00 bits per heavy atom. The molecule has 0 unspecified atom stereocenters. The van der Waals surface area contributed by atoms with Crippen LogP contribution in [0.4, 0.5) is 0 Å². The predicted molar refractivity (Wildman–Crippen MR) is 112 cm³/mol. The van der Waals surface area contributed by atoms with Crippen molar-refractivity contribution in [2.45, 2.75) is 52.4 Å². The van der Waals surface area contributed by atoms with Crippen LogP contribution in [-0.2, 0) is 10.8 Å². The van der Waals surface area contributed by atoms with Crippen LogP contribution in [0.15, 0.2) is 36.4 Å². The van der Waals surface area contributed by atoms with Gasteiger partial charge >= 0.3 is 0 Å². The van der Waals surface area contributed by atoms with Gasteiger partial charge in [-0.15, -0.1) is 0 Å². The lowest BCUT2D eigenvalue weighted by molar-refractivity contribution is 0.111. The third kappa shape index (κ3) is 5.74. The summed E-state index contributed by atoms with van der Waals surface area (Å²) in [5, 5.41) is 0.509. The third-order valence-electron chi connectivity index (χ3n) is 4.35. The second-order valence-electron chi connectivity index (χ2n) is 8.71. The zero-order valence-corrected chi connectivity index (χ0v) is 17.8. The minimum atomic E-state index is -0.0294. The maximum absolute atomic E-state index is 11.1. The molecule has 2 aromatic rings. The number of carbonyl (C=O) groups excluding carboxylic acids is 1. The van der Waals surface area contributed by atoms with Crippen LogP contribution in [0.3, 0.4) is 0 Å². The third-order valence-corrected chi connectivity index (χ3v) is 4.59. The van der Waals surface area contributed by atoms with Gasteiger partial charge in [0.1, 0.15) is 24.7 Å². The van der Waals surface area contributed by atoms with E-state index in [1.54, 1.807) is 18.2 Å². The molecular weight excluding hydrogens is 360 g/mol. The van der Waals surface area contributed by atoms with Crippen molar-refractivity contribution < 1.29 is 14.3 Å². The number of hydrogen-bond acceptors (Lipinski definition) is 3. The molecule has 0 amide bonds. The lowest BCUT2D eigenvalue weighted by Gasteiger charge is -2.27. The number of benzene rings is 2. The van der Waals surface area contributed by atoms with E-state index in [9.17, 15) is 4.79 Å². The minimum absolute atomic E-state index is 0.0294. The second-order valence-corrected chi connectivity index (χ2v) is 9.14.